The summed E-state index contributed by atoms with van der Waals surface area (Å²) in [6.07, 6.45) is -5.17. The molecule has 0 bridgehead atoms. The minimum Gasteiger partial charge on any atom is -0.400 e. The second-order valence-electron chi connectivity index (χ2n) is 6.47. The van der Waals surface area contributed by atoms with Gasteiger partial charge in [-0.05, 0) is 18.2 Å². The van der Waals surface area contributed by atoms with Crippen LogP contribution in [0.3, 0.4) is 0 Å². The summed E-state index contributed by atoms with van der Waals surface area (Å²) in [5.74, 6) is -5.87. The van der Waals surface area contributed by atoms with Crippen molar-refractivity contribution in [3.05, 3.63) is 40.9 Å². The van der Waals surface area contributed by atoms with Gasteiger partial charge >= 0.3 is 6.36 Å². The first kappa shape index (κ1) is 20.9. The van der Waals surface area contributed by atoms with Crippen molar-refractivity contribution in [1.82, 2.24) is 14.7 Å². The molecule has 12 heteroatoms. The molecule has 0 aliphatic carbocycles. The van der Waals surface area contributed by atoms with Crippen molar-refractivity contribution in [3.8, 4) is 5.75 Å². The van der Waals surface area contributed by atoms with E-state index < -0.39 is 47.3 Å². The van der Waals surface area contributed by atoms with Gasteiger partial charge in [-0.25, -0.2) is 4.39 Å². The number of carbonyl (C=O) groups excluding carboxylic acids is 2. The molecule has 1 fully saturated rings. The fourth-order valence-corrected chi connectivity index (χ4v) is 3.51. The second-order valence-corrected chi connectivity index (χ2v) is 6.86. The third kappa shape index (κ3) is 4.29. The molecule has 3 rings (SSSR count). The van der Waals surface area contributed by atoms with Crippen LogP contribution < -0.4 is 10.1 Å². The van der Waals surface area contributed by atoms with Gasteiger partial charge in [-0.2, -0.15) is 5.10 Å². The van der Waals surface area contributed by atoms with Crippen LogP contribution in [-0.4, -0.2) is 46.4 Å². The lowest BCUT2D eigenvalue weighted by Crippen LogP contribution is -2.33. The number of hydrogen-bond donors (Lipinski definition) is 1. The fourth-order valence-electron chi connectivity index (χ4n) is 3.29. The third-order valence-electron chi connectivity index (χ3n) is 4.51. The molecule has 2 atom stereocenters. The number of nitrogens with one attached hydrogen (secondary N) is 1. The highest BCUT2D eigenvalue weighted by molar-refractivity contribution is 6.29. The summed E-state index contributed by atoms with van der Waals surface area (Å²) in [6.45, 7) is 0.168. The molecule has 0 spiro atoms. The number of benzene rings is 1. The Hall–Kier alpha value is -2.82. The average Bonchev–Trinajstić information content (AvgIpc) is 3.08. The molecule has 0 radical (unpaired) electrons. The molecular weight excluding hydrogens is 420 g/mol. The molecule has 1 aromatic carbocycles. The third-order valence-corrected chi connectivity index (χ3v) is 4.69. The van der Waals surface area contributed by atoms with E-state index in [2.05, 4.69) is 15.2 Å². The first-order valence-corrected chi connectivity index (χ1v) is 8.65. The number of halogens is 5. The largest absolute Gasteiger partial charge is 0.573 e. The van der Waals surface area contributed by atoms with Crippen molar-refractivity contribution in [3.63, 3.8) is 0 Å². The molecule has 1 N–H and O–H groups in total. The Kier molecular flexibility index (Phi) is 5.44. The number of hydrogen-bond acceptors (Lipinski definition) is 4. The quantitative estimate of drug-likeness (QED) is 0.593. The van der Waals surface area contributed by atoms with Gasteiger partial charge in [-0.1, -0.05) is 17.7 Å². The van der Waals surface area contributed by atoms with E-state index in [9.17, 15) is 27.2 Å². The summed E-state index contributed by atoms with van der Waals surface area (Å²) in [7, 11) is 3.07. The highest BCUT2D eigenvalue weighted by atomic mass is 35.5. The van der Waals surface area contributed by atoms with E-state index in [1.54, 1.807) is 7.05 Å². The van der Waals surface area contributed by atoms with Crippen LogP contribution in [-0.2, 0) is 16.6 Å². The number of para-hydroxylation sites is 1. The van der Waals surface area contributed by atoms with Gasteiger partial charge in [0.25, 0.3) is 0 Å². The SMILES string of the molecule is CN1C[C@H](c2cc(Cl)nn2C)[C@@H](C(=O)Nc2cccc(F)c2OC(F)(F)F)C1=O. The molecule has 0 saturated carbocycles. The summed E-state index contributed by atoms with van der Waals surface area (Å²) in [5, 5.41) is 6.32. The number of likely N-dealkylation sites (tertiary alicyclic amines) is 1. The molecule has 7 nitrogen and oxygen atoms in total. The zero-order valence-electron chi connectivity index (χ0n) is 15.1. The van der Waals surface area contributed by atoms with Crippen molar-refractivity contribution in [2.45, 2.75) is 12.3 Å². The Bertz CT molecular complexity index is 963. The normalized spacial score (nSPS) is 19.6. The van der Waals surface area contributed by atoms with Gasteiger partial charge in [-0.3, -0.25) is 14.3 Å². The van der Waals surface area contributed by atoms with E-state index in [0.717, 1.165) is 18.2 Å². The molecular formula is C17H15ClF4N4O3. The summed E-state index contributed by atoms with van der Waals surface area (Å²) >= 11 is 5.88. The van der Waals surface area contributed by atoms with Crippen LogP contribution in [0.15, 0.2) is 24.3 Å². The van der Waals surface area contributed by atoms with Gasteiger partial charge in [0.1, 0.15) is 5.92 Å². The smallest absolute Gasteiger partial charge is 0.400 e. The lowest BCUT2D eigenvalue weighted by Gasteiger charge is -2.19. The standard InChI is InChI=1S/C17H15ClF4N4O3/c1-25-7-8(11-6-12(18)24-26(11)2)13(16(25)28)15(27)23-10-5-3-4-9(19)14(10)29-17(20,21)22/h3-6,8,13H,7H2,1-2H3,(H,23,27)/t8-,13+/m1/s1. The molecule has 156 valence electrons. The summed E-state index contributed by atoms with van der Waals surface area (Å²) in [6, 6.07) is 4.40. The number of aromatic nitrogens is 2. The monoisotopic (exact) mass is 434 g/mol. The van der Waals surface area contributed by atoms with Crippen molar-refractivity contribution in [1.29, 1.82) is 0 Å². The molecule has 1 saturated heterocycles. The minimum absolute atomic E-state index is 0.162. The lowest BCUT2D eigenvalue weighted by atomic mass is 9.91. The van der Waals surface area contributed by atoms with Crippen LogP contribution in [0.1, 0.15) is 11.6 Å². The van der Waals surface area contributed by atoms with Crippen LogP contribution in [0.25, 0.3) is 0 Å². The Morgan fingerprint density at radius 1 is 1.34 bits per heavy atom. The lowest BCUT2D eigenvalue weighted by molar-refractivity contribution is -0.275. The van der Waals surface area contributed by atoms with E-state index in [0.29, 0.717) is 5.69 Å². The van der Waals surface area contributed by atoms with Gasteiger partial charge in [0.05, 0.1) is 5.69 Å². The number of ether oxygens (including phenoxy) is 1. The molecule has 0 unspecified atom stereocenters. The zero-order valence-corrected chi connectivity index (χ0v) is 15.9. The van der Waals surface area contributed by atoms with Crippen LogP contribution in [0.4, 0.5) is 23.2 Å². The number of anilines is 1. The maximum absolute atomic E-state index is 13.9. The van der Waals surface area contributed by atoms with Gasteiger partial charge in [0.2, 0.25) is 11.8 Å². The van der Waals surface area contributed by atoms with Gasteiger partial charge in [0, 0.05) is 32.3 Å². The topological polar surface area (TPSA) is 76.5 Å². The van der Waals surface area contributed by atoms with Crippen LogP contribution in [0, 0.1) is 11.7 Å². The summed E-state index contributed by atoms with van der Waals surface area (Å²) in [5.41, 5.74) is -0.0460. The molecule has 29 heavy (non-hydrogen) atoms. The average molecular weight is 435 g/mol. The first-order chi connectivity index (χ1) is 13.5. The van der Waals surface area contributed by atoms with E-state index in [1.807, 2.05) is 0 Å². The number of nitrogens with zero attached hydrogens (tertiary/aromatic N) is 3. The highest BCUT2D eigenvalue weighted by Gasteiger charge is 2.46. The van der Waals surface area contributed by atoms with Gasteiger partial charge < -0.3 is 15.0 Å². The van der Waals surface area contributed by atoms with Crippen LogP contribution in [0.2, 0.25) is 5.15 Å². The van der Waals surface area contributed by atoms with Crippen molar-refractivity contribution < 1.29 is 31.9 Å². The van der Waals surface area contributed by atoms with E-state index in [-0.39, 0.29) is 11.7 Å². The first-order valence-electron chi connectivity index (χ1n) is 8.27. The highest BCUT2D eigenvalue weighted by Crippen LogP contribution is 2.37. The maximum Gasteiger partial charge on any atom is 0.573 e. The van der Waals surface area contributed by atoms with Crippen molar-refractivity contribution in [2.24, 2.45) is 13.0 Å². The number of aryl methyl sites for hydroxylation is 1. The Morgan fingerprint density at radius 3 is 2.62 bits per heavy atom. The number of likely N-dealkylation sites (N-methyl/N-ethyl adjacent to an activating group) is 1. The summed E-state index contributed by atoms with van der Waals surface area (Å²) in [4.78, 5) is 26.7. The predicted molar refractivity (Wildman–Crippen MR) is 93.8 cm³/mol. The summed E-state index contributed by atoms with van der Waals surface area (Å²) < 4.78 is 56.8. The van der Waals surface area contributed by atoms with Crippen molar-refractivity contribution in [2.75, 3.05) is 18.9 Å². The molecule has 1 aliphatic heterocycles. The van der Waals surface area contributed by atoms with Crippen LogP contribution >= 0.6 is 11.6 Å². The van der Waals surface area contributed by atoms with E-state index in [1.165, 1.54) is 22.7 Å². The predicted octanol–water partition coefficient (Wildman–Crippen LogP) is 2.92. The Morgan fingerprint density at radius 2 is 2.03 bits per heavy atom. The van der Waals surface area contributed by atoms with Crippen LogP contribution in [0.5, 0.6) is 5.75 Å². The van der Waals surface area contributed by atoms with Gasteiger partial charge in [-0.15, -0.1) is 13.2 Å². The molecule has 1 aromatic heterocycles. The molecule has 2 aromatic rings. The molecule has 2 amide bonds. The Labute approximate surface area is 167 Å². The number of carbonyl (C=O) groups is 2. The maximum atomic E-state index is 13.9. The number of rotatable bonds is 4. The Balaban J connectivity index is 1.92. The second kappa shape index (κ2) is 7.54. The van der Waals surface area contributed by atoms with E-state index >= 15 is 0 Å². The van der Waals surface area contributed by atoms with Gasteiger partial charge in [0.15, 0.2) is 16.7 Å². The number of alkyl halides is 3. The number of amides is 2. The van der Waals surface area contributed by atoms with Crippen molar-refractivity contribution >= 4 is 29.1 Å². The minimum atomic E-state index is -5.17. The molecule has 1 aliphatic rings. The van der Waals surface area contributed by atoms with E-state index in [4.69, 9.17) is 11.6 Å². The fraction of sp³-hybridized carbons (Fsp3) is 0.353. The zero-order chi connectivity index (χ0) is 21.5. The molecule has 2 heterocycles.